The van der Waals surface area contributed by atoms with Crippen LogP contribution in [0.2, 0.25) is 0 Å². The zero-order chi connectivity index (χ0) is 26.0. The molecular weight excluding hydrogens is 477 g/mol. The van der Waals surface area contributed by atoms with Gasteiger partial charge in [-0.25, -0.2) is 4.98 Å². The Morgan fingerprint density at radius 3 is 2.53 bits per heavy atom. The molecule has 1 N–H and O–H groups in total. The Hall–Kier alpha value is -4.85. The Morgan fingerprint density at radius 1 is 1.11 bits per heavy atom. The van der Waals surface area contributed by atoms with Crippen LogP contribution in [-0.2, 0) is 6.18 Å². The lowest BCUT2D eigenvalue weighted by Crippen LogP contribution is -2.06. The van der Waals surface area contributed by atoms with E-state index < -0.39 is 22.4 Å². The van der Waals surface area contributed by atoms with Crippen molar-refractivity contribution in [1.82, 2.24) is 9.97 Å². The number of aromatic amines is 1. The number of hydrogen-bond donors (Lipinski definition) is 1. The number of methoxy groups -OCH3 is 1. The van der Waals surface area contributed by atoms with E-state index >= 15 is 0 Å². The van der Waals surface area contributed by atoms with Crippen LogP contribution in [0, 0.1) is 28.4 Å². The number of fused-ring (bicyclic) bond motifs is 1. The summed E-state index contributed by atoms with van der Waals surface area (Å²) in [6, 6.07) is 14.3. The zero-order valence-electron chi connectivity index (χ0n) is 18.9. The first kappa shape index (κ1) is 24.3. The molecule has 1 aromatic heterocycles. The van der Waals surface area contributed by atoms with Gasteiger partial charge in [0.1, 0.15) is 11.9 Å². The van der Waals surface area contributed by atoms with Crippen LogP contribution in [0.15, 0.2) is 54.6 Å². The minimum Gasteiger partial charge on any atom is -0.493 e. The highest BCUT2D eigenvalue weighted by molar-refractivity contribution is 5.90. The molecule has 0 saturated carbocycles. The number of nitriles is 1. The molecule has 8 nitrogen and oxygen atoms in total. The number of halogens is 3. The molecule has 0 aliphatic rings. The van der Waals surface area contributed by atoms with E-state index in [4.69, 9.17) is 9.47 Å². The average Bonchev–Trinajstić information content (AvgIpc) is 3.25. The third-order valence-corrected chi connectivity index (χ3v) is 5.21. The number of alkyl halides is 3. The second-order valence-corrected chi connectivity index (χ2v) is 7.73. The monoisotopic (exact) mass is 494 g/mol. The summed E-state index contributed by atoms with van der Waals surface area (Å²) < 4.78 is 49.8. The van der Waals surface area contributed by atoms with Gasteiger partial charge in [-0.15, -0.1) is 0 Å². The fourth-order valence-corrected chi connectivity index (χ4v) is 3.47. The van der Waals surface area contributed by atoms with Gasteiger partial charge in [-0.3, -0.25) is 10.1 Å². The molecule has 0 aliphatic heterocycles. The first-order valence-corrected chi connectivity index (χ1v) is 10.4. The fraction of sp³-hybridized carbons (Fsp3) is 0.120. The molecule has 3 aromatic carbocycles. The first-order chi connectivity index (χ1) is 17.1. The number of nitro groups is 1. The van der Waals surface area contributed by atoms with E-state index in [-0.39, 0.29) is 22.8 Å². The van der Waals surface area contributed by atoms with Crippen LogP contribution in [0.4, 0.5) is 18.9 Å². The summed E-state index contributed by atoms with van der Waals surface area (Å²) in [6.07, 6.45) is -3.18. The molecule has 0 saturated heterocycles. The van der Waals surface area contributed by atoms with Crippen molar-refractivity contribution in [1.29, 1.82) is 5.26 Å². The number of hydrogen-bond acceptors (Lipinski definition) is 6. The third-order valence-electron chi connectivity index (χ3n) is 5.21. The number of H-pyrrole nitrogens is 1. The number of nitro benzene ring substituents is 1. The number of aryl methyl sites for hydroxylation is 1. The van der Waals surface area contributed by atoms with Crippen LogP contribution in [0.5, 0.6) is 17.2 Å². The third kappa shape index (κ3) is 4.97. The summed E-state index contributed by atoms with van der Waals surface area (Å²) in [5, 5.41) is 21.0. The van der Waals surface area contributed by atoms with Gasteiger partial charge in [0.15, 0.2) is 11.5 Å². The predicted molar refractivity (Wildman–Crippen MR) is 125 cm³/mol. The number of rotatable bonds is 6. The number of aromatic nitrogens is 2. The molecule has 0 radical (unpaired) electrons. The molecule has 0 amide bonds. The van der Waals surface area contributed by atoms with Crippen LogP contribution in [0.3, 0.4) is 0 Å². The quantitative estimate of drug-likeness (QED) is 0.182. The molecule has 182 valence electrons. The van der Waals surface area contributed by atoms with Crippen molar-refractivity contribution in [2.24, 2.45) is 0 Å². The molecule has 0 fully saturated rings. The Bertz CT molecular complexity index is 1550. The van der Waals surface area contributed by atoms with Gasteiger partial charge in [-0.05, 0) is 60.5 Å². The van der Waals surface area contributed by atoms with Gasteiger partial charge in [0.05, 0.1) is 34.2 Å². The van der Waals surface area contributed by atoms with Gasteiger partial charge in [0.25, 0.3) is 0 Å². The van der Waals surface area contributed by atoms with Crippen LogP contribution >= 0.6 is 0 Å². The molecule has 4 aromatic rings. The van der Waals surface area contributed by atoms with E-state index in [1.165, 1.54) is 19.2 Å². The van der Waals surface area contributed by atoms with E-state index in [0.29, 0.717) is 29.0 Å². The van der Waals surface area contributed by atoms with Gasteiger partial charge >= 0.3 is 11.9 Å². The van der Waals surface area contributed by atoms with E-state index in [1.807, 2.05) is 25.1 Å². The van der Waals surface area contributed by atoms with Crippen LogP contribution < -0.4 is 9.47 Å². The van der Waals surface area contributed by atoms with Gasteiger partial charge in [0.2, 0.25) is 5.75 Å². The maximum Gasteiger partial charge on any atom is 0.416 e. The SMILES string of the molecule is COc1cc(C=C(C#N)c2nc3ccc(C)cc3[nH]2)ccc1Oc1ccc(C(F)(F)F)cc1[N+](=O)[O-]. The number of nitrogens with zero attached hydrogens (tertiary/aromatic N) is 3. The fourth-order valence-electron chi connectivity index (χ4n) is 3.47. The van der Waals surface area contributed by atoms with Crippen LogP contribution in [-0.4, -0.2) is 22.0 Å². The van der Waals surface area contributed by atoms with Gasteiger partial charge in [0, 0.05) is 6.07 Å². The highest BCUT2D eigenvalue weighted by Gasteiger charge is 2.33. The van der Waals surface area contributed by atoms with E-state index in [9.17, 15) is 28.5 Å². The van der Waals surface area contributed by atoms with E-state index in [2.05, 4.69) is 16.0 Å². The van der Waals surface area contributed by atoms with E-state index in [1.54, 1.807) is 12.1 Å². The van der Waals surface area contributed by atoms with Crippen LogP contribution in [0.1, 0.15) is 22.5 Å². The normalized spacial score (nSPS) is 11.8. The molecule has 0 atom stereocenters. The van der Waals surface area contributed by atoms with E-state index in [0.717, 1.165) is 17.1 Å². The summed E-state index contributed by atoms with van der Waals surface area (Å²) in [4.78, 5) is 17.9. The smallest absolute Gasteiger partial charge is 0.416 e. The Morgan fingerprint density at radius 2 is 1.86 bits per heavy atom. The maximum absolute atomic E-state index is 13.0. The van der Waals surface area contributed by atoms with Gasteiger partial charge < -0.3 is 14.5 Å². The maximum atomic E-state index is 13.0. The summed E-state index contributed by atoms with van der Waals surface area (Å²) in [7, 11) is 1.34. The molecule has 11 heteroatoms. The number of allylic oxidation sites excluding steroid dienone is 1. The molecule has 1 heterocycles. The molecule has 4 rings (SSSR count). The highest BCUT2D eigenvalue weighted by Crippen LogP contribution is 2.40. The molecule has 36 heavy (non-hydrogen) atoms. The topological polar surface area (TPSA) is 114 Å². The van der Waals surface area contributed by atoms with Crippen molar-refractivity contribution in [3.63, 3.8) is 0 Å². The highest BCUT2D eigenvalue weighted by atomic mass is 19.4. The van der Waals surface area contributed by atoms with Crippen LogP contribution in [0.25, 0.3) is 22.7 Å². The number of imidazole rings is 1. The van der Waals surface area contributed by atoms with Crippen molar-refractivity contribution in [3.8, 4) is 23.3 Å². The number of ether oxygens (including phenoxy) is 2. The first-order valence-electron chi connectivity index (χ1n) is 10.4. The summed E-state index contributed by atoms with van der Waals surface area (Å²) in [6.45, 7) is 1.94. The zero-order valence-corrected chi connectivity index (χ0v) is 18.9. The summed E-state index contributed by atoms with van der Waals surface area (Å²) in [5.74, 6) is 0.174. The summed E-state index contributed by atoms with van der Waals surface area (Å²) >= 11 is 0. The second-order valence-electron chi connectivity index (χ2n) is 7.73. The molecular formula is C25H17F3N4O4. The molecule has 0 spiro atoms. The standard InChI is InChI=1S/C25H17F3N4O4/c1-14-3-6-18-19(9-14)31-24(30-18)16(13-29)10-15-4-7-22(23(11-15)35-2)36-21-8-5-17(25(26,27)28)12-20(21)32(33)34/h3-12H,1-2H3,(H,30,31). The Labute approximate surface area is 202 Å². The lowest BCUT2D eigenvalue weighted by atomic mass is 10.1. The minimum atomic E-state index is -4.74. The Balaban J connectivity index is 1.67. The second kappa shape index (κ2) is 9.42. The average molecular weight is 494 g/mol. The summed E-state index contributed by atoms with van der Waals surface area (Å²) in [5.41, 5.74) is 1.30. The predicted octanol–water partition coefficient (Wildman–Crippen LogP) is 6.66. The number of benzene rings is 3. The largest absolute Gasteiger partial charge is 0.493 e. The number of nitrogens with one attached hydrogen (secondary N) is 1. The molecule has 0 bridgehead atoms. The van der Waals surface area contributed by atoms with Crippen molar-refractivity contribution in [2.75, 3.05) is 7.11 Å². The van der Waals surface area contributed by atoms with Gasteiger partial charge in [-0.1, -0.05) is 12.1 Å². The molecule has 0 aliphatic carbocycles. The van der Waals surface area contributed by atoms with Crippen molar-refractivity contribution in [2.45, 2.75) is 13.1 Å². The Kier molecular flexibility index (Phi) is 6.35. The minimum absolute atomic E-state index is 0.0372. The van der Waals surface area contributed by atoms with Crippen molar-refractivity contribution in [3.05, 3.63) is 87.2 Å². The van der Waals surface area contributed by atoms with Gasteiger partial charge in [-0.2, -0.15) is 18.4 Å². The van der Waals surface area contributed by atoms with Crippen molar-refractivity contribution >= 4 is 28.4 Å². The lowest BCUT2D eigenvalue weighted by molar-refractivity contribution is -0.385. The lowest BCUT2D eigenvalue weighted by Gasteiger charge is -2.13. The van der Waals surface area contributed by atoms with Crippen molar-refractivity contribution < 1.29 is 27.6 Å². The molecule has 0 unspecified atom stereocenters.